The maximum absolute atomic E-state index is 11.9. The summed E-state index contributed by atoms with van der Waals surface area (Å²) in [7, 11) is 1.29. The molecule has 0 aromatic carbocycles. The largest absolute Gasteiger partial charge is 0.756 e. The second-order valence-electron chi connectivity index (χ2n) is 9.08. The summed E-state index contributed by atoms with van der Waals surface area (Å²) in [6.45, 7) is 3.71. The molecule has 9 heteroatoms. The third-order valence-corrected chi connectivity index (χ3v) is 5.84. The molecule has 0 saturated heterocycles. The Morgan fingerprint density at radius 3 is 2.07 bits per heavy atom. The van der Waals surface area contributed by atoms with E-state index in [1.807, 2.05) is 21.1 Å². The molecule has 0 aromatic heterocycles. The van der Waals surface area contributed by atoms with Crippen molar-refractivity contribution in [1.29, 1.82) is 0 Å². The minimum Gasteiger partial charge on any atom is -0.756 e. The van der Waals surface area contributed by atoms with Crippen LogP contribution in [0.15, 0.2) is 0 Å². The Morgan fingerprint density at radius 2 is 1.57 bits per heavy atom. The van der Waals surface area contributed by atoms with Gasteiger partial charge in [0.05, 0.1) is 39.9 Å². The molecule has 3 atom stereocenters. The molecule has 2 N–H and O–H groups in total. The summed E-state index contributed by atoms with van der Waals surface area (Å²) in [6, 6.07) is -0.791. The van der Waals surface area contributed by atoms with Crippen LogP contribution in [0.5, 0.6) is 0 Å². The molecule has 0 aromatic rings. The number of phosphoric acid groups is 1. The first-order valence-electron chi connectivity index (χ1n) is 11.3. The van der Waals surface area contributed by atoms with Crippen LogP contribution in [0.1, 0.15) is 78.1 Å². The number of hydrogen-bond donors (Lipinski definition) is 2. The quantitative estimate of drug-likeness (QED) is 0.177. The summed E-state index contributed by atoms with van der Waals surface area (Å²) in [4.78, 5) is 23.4. The molecule has 3 unspecified atom stereocenters. The van der Waals surface area contributed by atoms with Crippen molar-refractivity contribution in [3.63, 3.8) is 0 Å². The van der Waals surface area contributed by atoms with Crippen LogP contribution in [0, 0.1) is 0 Å². The topological polar surface area (TPSA) is 108 Å². The van der Waals surface area contributed by atoms with Crippen molar-refractivity contribution in [2.45, 2.75) is 90.2 Å². The molecular formula is C21H45N2O6P. The first-order valence-corrected chi connectivity index (χ1v) is 12.8. The number of unbranched alkanes of at least 4 members (excludes halogenated alkanes) is 8. The second kappa shape index (κ2) is 16.2. The number of carbonyl (C=O) groups excluding carboxylic acids is 1. The zero-order valence-electron chi connectivity index (χ0n) is 19.7. The maximum Gasteiger partial charge on any atom is 0.268 e. The van der Waals surface area contributed by atoms with Gasteiger partial charge in [0, 0.05) is 6.92 Å². The lowest BCUT2D eigenvalue weighted by atomic mass is 10.0. The van der Waals surface area contributed by atoms with E-state index < -0.39 is 20.0 Å². The van der Waals surface area contributed by atoms with Crippen molar-refractivity contribution in [3.8, 4) is 0 Å². The zero-order chi connectivity index (χ0) is 23.0. The molecule has 180 valence electrons. The maximum atomic E-state index is 11.9. The normalized spacial score (nSPS) is 16.1. The molecule has 0 spiro atoms. The lowest BCUT2D eigenvalue weighted by Gasteiger charge is -2.29. The first kappa shape index (κ1) is 29.5. The molecule has 30 heavy (non-hydrogen) atoms. The van der Waals surface area contributed by atoms with Crippen molar-refractivity contribution in [1.82, 2.24) is 5.32 Å². The van der Waals surface area contributed by atoms with Gasteiger partial charge in [-0.1, -0.05) is 64.7 Å². The monoisotopic (exact) mass is 452 g/mol. The zero-order valence-corrected chi connectivity index (χ0v) is 20.6. The molecular weight excluding hydrogens is 407 g/mol. The number of quaternary nitrogens is 1. The van der Waals surface area contributed by atoms with Crippen LogP contribution in [0.3, 0.4) is 0 Å². The van der Waals surface area contributed by atoms with E-state index in [9.17, 15) is 19.4 Å². The van der Waals surface area contributed by atoms with Gasteiger partial charge in [0.1, 0.15) is 13.2 Å². The lowest BCUT2D eigenvalue weighted by molar-refractivity contribution is -0.870. The molecule has 0 aliphatic carbocycles. The summed E-state index contributed by atoms with van der Waals surface area (Å²) >= 11 is 0. The van der Waals surface area contributed by atoms with E-state index in [1.165, 1.54) is 45.4 Å². The smallest absolute Gasteiger partial charge is 0.268 e. The molecule has 0 saturated carbocycles. The van der Waals surface area contributed by atoms with Gasteiger partial charge in [-0.3, -0.25) is 9.36 Å². The Bertz CT molecular complexity index is 498. The average molecular weight is 453 g/mol. The van der Waals surface area contributed by atoms with Gasteiger partial charge < -0.3 is 28.8 Å². The van der Waals surface area contributed by atoms with E-state index in [0.29, 0.717) is 17.4 Å². The van der Waals surface area contributed by atoms with Crippen LogP contribution in [-0.4, -0.2) is 68.5 Å². The number of carbonyl (C=O) groups is 1. The Kier molecular flexibility index (Phi) is 15.9. The second-order valence-corrected chi connectivity index (χ2v) is 10.5. The molecule has 0 radical (unpaired) electrons. The Morgan fingerprint density at radius 1 is 1.03 bits per heavy atom. The summed E-state index contributed by atoms with van der Waals surface area (Å²) in [5.41, 5.74) is 0. The van der Waals surface area contributed by atoms with Crippen molar-refractivity contribution < 1.29 is 32.9 Å². The highest BCUT2D eigenvalue weighted by atomic mass is 31.2. The van der Waals surface area contributed by atoms with Gasteiger partial charge in [-0.2, -0.15) is 0 Å². The number of nitrogens with one attached hydrogen (secondary N) is 1. The molecule has 8 nitrogen and oxygen atoms in total. The van der Waals surface area contributed by atoms with E-state index in [4.69, 9.17) is 9.05 Å². The Hall–Kier alpha value is -0.500. The highest BCUT2D eigenvalue weighted by Crippen LogP contribution is 2.38. The lowest BCUT2D eigenvalue weighted by Crippen LogP contribution is -2.45. The number of likely N-dealkylation sites (N-methyl/N-ethyl adjacent to an activating group) is 1. The first-order chi connectivity index (χ1) is 14.0. The number of phosphoric ester groups is 1. The molecule has 0 heterocycles. The van der Waals surface area contributed by atoms with E-state index in [0.717, 1.165) is 19.3 Å². The predicted octanol–water partition coefficient (Wildman–Crippen LogP) is 2.98. The van der Waals surface area contributed by atoms with Gasteiger partial charge in [0.15, 0.2) is 0 Å². The highest BCUT2D eigenvalue weighted by Gasteiger charge is 2.23. The van der Waals surface area contributed by atoms with Crippen LogP contribution in [0.2, 0.25) is 0 Å². The average Bonchev–Trinajstić information content (AvgIpc) is 2.62. The number of amides is 1. The minimum absolute atomic E-state index is 0.01000. The van der Waals surface area contributed by atoms with E-state index >= 15 is 0 Å². The van der Waals surface area contributed by atoms with E-state index in [2.05, 4.69) is 12.2 Å². The van der Waals surface area contributed by atoms with Crippen LogP contribution < -0.4 is 10.2 Å². The van der Waals surface area contributed by atoms with E-state index in [-0.39, 0.29) is 19.1 Å². The van der Waals surface area contributed by atoms with Crippen molar-refractivity contribution in [2.75, 3.05) is 40.9 Å². The number of aliphatic hydroxyl groups excluding tert-OH is 1. The summed E-state index contributed by atoms with van der Waals surface area (Å²) in [5, 5.41) is 13.0. The molecule has 0 fully saturated rings. The number of hydrogen-bond acceptors (Lipinski definition) is 6. The fourth-order valence-electron chi connectivity index (χ4n) is 3.01. The number of rotatable bonds is 19. The number of nitrogens with zero attached hydrogens (tertiary/aromatic N) is 1. The van der Waals surface area contributed by atoms with Gasteiger partial charge in [0.25, 0.3) is 7.82 Å². The summed E-state index contributed by atoms with van der Waals surface area (Å²) in [5.74, 6) is -0.346. The van der Waals surface area contributed by atoms with Crippen molar-refractivity contribution in [2.24, 2.45) is 0 Å². The molecule has 1 amide bonds. The molecule has 0 aliphatic heterocycles. The van der Waals surface area contributed by atoms with Gasteiger partial charge in [0.2, 0.25) is 5.91 Å². The number of aliphatic hydroxyl groups is 1. The standard InChI is InChI=1S/C21H45N2O6P/c1-6-7-8-9-10-11-12-13-14-15-21(25)20(22-19(2)24)18-29-30(26,27)28-17-16-23(3,4)5/h20-21,25H,6-18H2,1-5H3,(H-,22,24,26,27). The van der Waals surface area contributed by atoms with Crippen LogP contribution in [0.25, 0.3) is 0 Å². The minimum atomic E-state index is -4.49. The van der Waals surface area contributed by atoms with E-state index in [1.54, 1.807) is 0 Å². The van der Waals surface area contributed by atoms with Crippen LogP contribution in [0.4, 0.5) is 0 Å². The Balaban J connectivity index is 4.23. The van der Waals surface area contributed by atoms with Crippen LogP contribution in [-0.2, 0) is 18.4 Å². The van der Waals surface area contributed by atoms with Crippen LogP contribution >= 0.6 is 7.82 Å². The van der Waals surface area contributed by atoms with Gasteiger partial charge in [-0.15, -0.1) is 0 Å². The fourth-order valence-corrected chi connectivity index (χ4v) is 3.73. The highest BCUT2D eigenvalue weighted by molar-refractivity contribution is 7.45. The predicted molar refractivity (Wildman–Crippen MR) is 118 cm³/mol. The summed E-state index contributed by atoms with van der Waals surface area (Å²) < 4.78 is 22.3. The third-order valence-electron chi connectivity index (χ3n) is 4.88. The van der Waals surface area contributed by atoms with Gasteiger partial charge in [-0.25, -0.2) is 0 Å². The van der Waals surface area contributed by atoms with Gasteiger partial charge in [-0.05, 0) is 6.42 Å². The molecule has 0 rings (SSSR count). The molecule has 0 aliphatic rings. The Labute approximate surface area is 183 Å². The van der Waals surface area contributed by atoms with Crippen molar-refractivity contribution in [3.05, 3.63) is 0 Å². The third kappa shape index (κ3) is 18.3. The molecule has 0 bridgehead atoms. The van der Waals surface area contributed by atoms with Crippen molar-refractivity contribution >= 4 is 13.7 Å². The SMILES string of the molecule is CCCCCCCCCCCC(O)C(COP(=O)([O-])OCC[N+](C)(C)C)NC(C)=O. The fraction of sp³-hybridized carbons (Fsp3) is 0.952. The van der Waals surface area contributed by atoms with Gasteiger partial charge >= 0.3 is 0 Å². The summed E-state index contributed by atoms with van der Waals surface area (Å²) in [6.07, 6.45) is 10.1.